The van der Waals surface area contributed by atoms with Gasteiger partial charge in [-0.2, -0.15) is 0 Å². The summed E-state index contributed by atoms with van der Waals surface area (Å²) in [6, 6.07) is 4.03. The molecule has 2 N–H and O–H groups in total. The van der Waals surface area contributed by atoms with Crippen LogP contribution in [0.3, 0.4) is 0 Å². The Morgan fingerprint density at radius 3 is 2.83 bits per heavy atom. The van der Waals surface area contributed by atoms with Gasteiger partial charge in [-0.1, -0.05) is 0 Å². The van der Waals surface area contributed by atoms with Crippen molar-refractivity contribution in [1.82, 2.24) is 10.6 Å². The molecule has 0 aliphatic carbocycles. The van der Waals surface area contributed by atoms with Crippen LogP contribution in [0.5, 0.6) is 0 Å². The monoisotopic (exact) mass is 323 g/mol. The highest BCUT2D eigenvalue weighted by Gasteiger charge is 2.14. The lowest BCUT2D eigenvalue weighted by Gasteiger charge is -2.22. The highest BCUT2D eigenvalue weighted by molar-refractivity contribution is 5.79. The van der Waals surface area contributed by atoms with Crippen LogP contribution in [0.4, 0.5) is 0 Å². The smallest absolute Gasteiger partial charge is 0.191 e. The SMILES string of the molecule is CN=C(NCCCOC1CCOCC1)NC(C)c1ccc(C)o1. The van der Waals surface area contributed by atoms with E-state index in [2.05, 4.69) is 22.5 Å². The van der Waals surface area contributed by atoms with E-state index in [1.807, 2.05) is 19.1 Å². The number of nitrogens with one attached hydrogen (secondary N) is 2. The molecule has 0 saturated carbocycles. The first-order valence-corrected chi connectivity index (χ1v) is 8.42. The van der Waals surface area contributed by atoms with Crippen LogP contribution in [0, 0.1) is 6.92 Å². The van der Waals surface area contributed by atoms with Crippen LogP contribution in [-0.2, 0) is 9.47 Å². The molecule has 0 radical (unpaired) electrons. The molecule has 1 unspecified atom stereocenters. The van der Waals surface area contributed by atoms with Crippen molar-refractivity contribution in [2.75, 3.05) is 33.4 Å². The van der Waals surface area contributed by atoms with Gasteiger partial charge in [0.15, 0.2) is 5.96 Å². The molecule has 0 spiro atoms. The summed E-state index contributed by atoms with van der Waals surface area (Å²) in [7, 11) is 1.77. The maximum absolute atomic E-state index is 5.86. The topological polar surface area (TPSA) is 68.0 Å². The number of nitrogens with zero attached hydrogens (tertiary/aromatic N) is 1. The average molecular weight is 323 g/mol. The van der Waals surface area contributed by atoms with Gasteiger partial charge < -0.3 is 24.5 Å². The third-order valence-electron chi connectivity index (χ3n) is 3.90. The zero-order valence-electron chi connectivity index (χ0n) is 14.4. The van der Waals surface area contributed by atoms with Crippen LogP contribution in [0.1, 0.15) is 43.7 Å². The fourth-order valence-corrected chi connectivity index (χ4v) is 2.53. The van der Waals surface area contributed by atoms with Crippen molar-refractivity contribution in [3.05, 3.63) is 23.7 Å². The van der Waals surface area contributed by atoms with Gasteiger partial charge in [-0.05, 0) is 45.2 Å². The highest BCUT2D eigenvalue weighted by Crippen LogP contribution is 2.15. The molecule has 1 aromatic rings. The third-order valence-corrected chi connectivity index (χ3v) is 3.90. The van der Waals surface area contributed by atoms with Gasteiger partial charge in [0.2, 0.25) is 0 Å². The van der Waals surface area contributed by atoms with Crippen LogP contribution in [0.2, 0.25) is 0 Å². The van der Waals surface area contributed by atoms with Crippen LogP contribution in [0.15, 0.2) is 21.5 Å². The minimum absolute atomic E-state index is 0.0772. The van der Waals surface area contributed by atoms with E-state index in [9.17, 15) is 0 Å². The largest absolute Gasteiger partial charge is 0.464 e. The third kappa shape index (κ3) is 6.23. The molecule has 1 aliphatic heterocycles. The van der Waals surface area contributed by atoms with E-state index in [1.54, 1.807) is 7.05 Å². The fourth-order valence-electron chi connectivity index (χ4n) is 2.53. The van der Waals surface area contributed by atoms with Crippen molar-refractivity contribution in [2.24, 2.45) is 4.99 Å². The molecule has 1 atom stereocenters. The van der Waals surface area contributed by atoms with E-state index >= 15 is 0 Å². The molecule has 2 rings (SSSR count). The molecule has 0 bridgehead atoms. The summed E-state index contributed by atoms with van der Waals surface area (Å²) < 4.78 is 16.8. The lowest BCUT2D eigenvalue weighted by molar-refractivity contribution is -0.0320. The predicted octanol–water partition coefficient (Wildman–Crippen LogP) is 2.40. The molecule has 23 heavy (non-hydrogen) atoms. The summed E-state index contributed by atoms with van der Waals surface area (Å²) in [4.78, 5) is 4.24. The summed E-state index contributed by atoms with van der Waals surface area (Å²) >= 11 is 0. The Kier molecular flexibility index (Phi) is 7.42. The van der Waals surface area contributed by atoms with Gasteiger partial charge >= 0.3 is 0 Å². The molecule has 1 aliphatic rings. The van der Waals surface area contributed by atoms with E-state index < -0.39 is 0 Å². The Morgan fingerprint density at radius 1 is 1.39 bits per heavy atom. The highest BCUT2D eigenvalue weighted by atomic mass is 16.5. The van der Waals surface area contributed by atoms with Crippen LogP contribution >= 0.6 is 0 Å². The molecule has 1 aromatic heterocycles. The van der Waals surface area contributed by atoms with Crippen molar-refractivity contribution in [2.45, 2.75) is 45.3 Å². The van der Waals surface area contributed by atoms with Crippen molar-refractivity contribution >= 4 is 5.96 Å². The molecular weight excluding hydrogens is 294 g/mol. The van der Waals surface area contributed by atoms with Crippen LogP contribution in [-0.4, -0.2) is 45.5 Å². The lowest BCUT2D eigenvalue weighted by Crippen LogP contribution is -2.39. The first kappa shape index (κ1) is 17.8. The Bertz CT molecular complexity index is 481. The summed E-state index contributed by atoms with van der Waals surface area (Å²) in [6.45, 7) is 7.24. The average Bonchev–Trinajstić information content (AvgIpc) is 3.01. The number of aliphatic imine (C=N–C) groups is 1. The van der Waals surface area contributed by atoms with E-state index in [0.717, 1.165) is 63.1 Å². The lowest BCUT2D eigenvalue weighted by atomic mass is 10.1. The zero-order chi connectivity index (χ0) is 16.5. The van der Waals surface area contributed by atoms with Crippen molar-refractivity contribution in [3.63, 3.8) is 0 Å². The molecule has 2 heterocycles. The zero-order valence-corrected chi connectivity index (χ0v) is 14.4. The number of ether oxygens (including phenoxy) is 2. The summed E-state index contributed by atoms with van der Waals surface area (Å²) in [5.41, 5.74) is 0. The van der Waals surface area contributed by atoms with E-state index in [0.29, 0.717) is 6.10 Å². The molecule has 0 aromatic carbocycles. The van der Waals surface area contributed by atoms with E-state index in [4.69, 9.17) is 13.9 Å². The Morgan fingerprint density at radius 2 is 2.17 bits per heavy atom. The number of guanidine groups is 1. The molecule has 6 nitrogen and oxygen atoms in total. The maximum atomic E-state index is 5.86. The fraction of sp³-hybridized carbons (Fsp3) is 0.706. The summed E-state index contributed by atoms with van der Waals surface area (Å²) in [6.07, 6.45) is 3.34. The first-order valence-electron chi connectivity index (χ1n) is 8.42. The Balaban J connectivity index is 1.61. The molecule has 0 amide bonds. The second-order valence-electron chi connectivity index (χ2n) is 5.85. The minimum atomic E-state index is 0.0772. The number of aryl methyl sites for hydroxylation is 1. The normalized spacial score (nSPS) is 18.0. The predicted molar refractivity (Wildman–Crippen MR) is 90.8 cm³/mol. The summed E-state index contributed by atoms with van der Waals surface area (Å²) in [5, 5.41) is 6.63. The van der Waals surface area contributed by atoms with Gasteiger partial charge in [0.25, 0.3) is 0 Å². The number of rotatable bonds is 7. The van der Waals surface area contributed by atoms with Gasteiger partial charge in [-0.25, -0.2) is 0 Å². The number of hydrogen-bond acceptors (Lipinski definition) is 4. The molecule has 6 heteroatoms. The van der Waals surface area contributed by atoms with E-state index in [1.165, 1.54) is 0 Å². The van der Waals surface area contributed by atoms with Gasteiger partial charge in [-0.15, -0.1) is 0 Å². The Labute approximate surface area is 138 Å². The van der Waals surface area contributed by atoms with Gasteiger partial charge in [0.1, 0.15) is 11.5 Å². The molecule has 130 valence electrons. The van der Waals surface area contributed by atoms with Gasteiger partial charge in [-0.3, -0.25) is 4.99 Å². The second kappa shape index (κ2) is 9.57. The van der Waals surface area contributed by atoms with Crippen molar-refractivity contribution in [3.8, 4) is 0 Å². The molecule has 1 fully saturated rings. The van der Waals surface area contributed by atoms with Crippen molar-refractivity contribution < 1.29 is 13.9 Å². The van der Waals surface area contributed by atoms with Gasteiger partial charge in [0.05, 0.1) is 12.1 Å². The second-order valence-corrected chi connectivity index (χ2v) is 5.85. The van der Waals surface area contributed by atoms with E-state index in [-0.39, 0.29) is 6.04 Å². The number of hydrogen-bond donors (Lipinski definition) is 2. The van der Waals surface area contributed by atoms with Crippen molar-refractivity contribution in [1.29, 1.82) is 0 Å². The van der Waals surface area contributed by atoms with Crippen LogP contribution in [0.25, 0.3) is 0 Å². The molecule has 1 saturated heterocycles. The maximum Gasteiger partial charge on any atom is 0.191 e. The molecular formula is C17H29N3O3. The first-order chi connectivity index (χ1) is 11.2. The summed E-state index contributed by atoms with van der Waals surface area (Å²) in [5.74, 6) is 2.60. The number of furan rings is 1. The van der Waals surface area contributed by atoms with Gasteiger partial charge in [0, 0.05) is 33.4 Å². The quantitative estimate of drug-likeness (QED) is 0.458. The minimum Gasteiger partial charge on any atom is -0.464 e. The Hall–Kier alpha value is -1.53. The standard InChI is InChI=1S/C17H29N3O3/c1-13-5-6-16(23-13)14(2)20-17(18-3)19-9-4-10-22-15-7-11-21-12-8-15/h5-6,14-15H,4,7-12H2,1-3H3,(H2,18,19,20). The van der Waals surface area contributed by atoms with Crippen LogP contribution < -0.4 is 10.6 Å².